The van der Waals surface area contributed by atoms with E-state index in [-0.39, 0.29) is 5.91 Å². The highest BCUT2D eigenvalue weighted by atomic mass is 79.9. The van der Waals surface area contributed by atoms with Crippen molar-refractivity contribution < 1.29 is 4.79 Å². The number of rotatable bonds is 6. The number of halogens is 1. The molecule has 2 rings (SSSR count). The third-order valence-corrected chi connectivity index (χ3v) is 4.80. The molecule has 1 aromatic rings. The summed E-state index contributed by atoms with van der Waals surface area (Å²) in [6.45, 7) is 1.70. The molecule has 1 saturated heterocycles. The molecule has 1 aliphatic rings. The molecule has 0 spiro atoms. The van der Waals surface area contributed by atoms with Crippen molar-refractivity contribution in [2.75, 3.05) is 24.6 Å². The molecule has 1 aliphatic heterocycles. The van der Waals surface area contributed by atoms with Gasteiger partial charge in [0.15, 0.2) is 0 Å². The van der Waals surface area contributed by atoms with Gasteiger partial charge in [0.2, 0.25) is 0 Å². The minimum Gasteiger partial charge on any atom is -0.352 e. The van der Waals surface area contributed by atoms with E-state index >= 15 is 0 Å². The Bertz CT molecular complexity index is 404. The average molecular weight is 343 g/mol. The van der Waals surface area contributed by atoms with Gasteiger partial charge in [-0.25, -0.2) is 0 Å². The van der Waals surface area contributed by atoms with E-state index < -0.39 is 0 Å². The molecule has 2 N–H and O–H groups in total. The molecule has 1 aromatic carbocycles. The fourth-order valence-electron chi connectivity index (χ4n) is 2.00. The molecule has 0 unspecified atom stereocenters. The molecule has 1 amide bonds. The van der Waals surface area contributed by atoms with Gasteiger partial charge >= 0.3 is 0 Å². The SMILES string of the molecule is O=C(NCCCN[C@H]1CCSC1)c1ccc(Br)cc1. The zero-order valence-corrected chi connectivity index (χ0v) is 13.2. The van der Waals surface area contributed by atoms with Gasteiger partial charge in [-0.15, -0.1) is 0 Å². The normalized spacial score (nSPS) is 18.5. The summed E-state index contributed by atoms with van der Waals surface area (Å²) in [5.74, 6) is 2.51. The third-order valence-electron chi connectivity index (χ3n) is 3.11. The minimum absolute atomic E-state index is 0.00363. The van der Waals surface area contributed by atoms with Crippen LogP contribution in [0.3, 0.4) is 0 Å². The molecule has 5 heteroatoms. The van der Waals surface area contributed by atoms with Crippen molar-refractivity contribution in [2.24, 2.45) is 0 Å². The lowest BCUT2D eigenvalue weighted by Crippen LogP contribution is -2.32. The number of amides is 1. The van der Waals surface area contributed by atoms with Gasteiger partial charge in [0.05, 0.1) is 0 Å². The van der Waals surface area contributed by atoms with Crippen molar-refractivity contribution >= 4 is 33.6 Å². The molecule has 19 heavy (non-hydrogen) atoms. The summed E-state index contributed by atoms with van der Waals surface area (Å²) in [7, 11) is 0. The molecule has 1 heterocycles. The predicted molar refractivity (Wildman–Crippen MR) is 84.8 cm³/mol. The van der Waals surface area contributed by atoms with Gasteiger partial charge in [-0.05, 0) is 49.4 Å². The maximum atomic E-state index is 11.8. The second kappa shape index (κ2) is 7.92. The quantitative estimate of drug-likeness (QED) is 0.781. The van der Waals surface area contributed by atoms with Crippen LogP contribution in [0.1, 0.15) is 23.2 Å². The van der Waals surface area contributed by atoms with Crippen LogP contribution in [-0.4, -0.2) is 36.5 Å². The Morgan fingerprint density at radius 2 is 2.11 bits per heavy atom. The van der Waals surface area contributed by atoms with Gasteiger partial charge in [-0.3, -0.25) is 4.79 Å². The Hall–Kier alpha value is -0.520. The van der Waals surface area contributed by atoms with Crippen molar-refractivity contribution in [3.05, 3.63) is 34.3 Å². The first-order chi connectivity index (χ1) is 9.25. The van der Waals surface area contributed by atoms with Crippen LogP contribution in [0, 0.1) is 0 Å². The van der Waals surface area contributed by atoms with Crippen molar-refractivity contribution in [3.8, 4) is 0 Å². The fourth-order valence-corrected chi connectivity index (χ4v) is 3.45. The van der Waals surface area contributed by atoms with Crippen LogP contribution in [0.4, 0.5) is 0 Å². The number of hydrogen-bond donors (Lipinski definition) is 2. The van der Waals surface area contributed by atoms with Crippen molar-refractivity contribution in [1.82, 2.24) is 10.6 Å². The maximum absolute atomic E-state index is 11.8. The van der Waals surface area contributed by atoms with Crippen molar-refractivity contribution in [2.45, 2.75) is 18.9 Å². The van der Waals surface area contributed by atoms with E-state index in [4.69, 9.17) is 0 Å². The van der Waals surface area contributed by atoms with Crippen LogP contribution < -0.4 is 10.6 Å². The summed E-state index contributed by atoms with van der Waals surface area (Å²) in [5, 5.41) is 6.47. The molecule has 3 nitrogen and oxygen atoms in total. The molecule has 0 radical (unpaired) electrons. The van der Waals surface area contributed by atoms with E-state index in [2.05, 4.69) is 26.6 Å². The highest BCUT2D eigenvalue weighted by Crippen LogP contribution is 2.16. The molecular formula is C14H19BrN2OS. The summed E-state index contributed by atoms with van der Waals surface area (Å²) in [5.41, 5.74) is 0.711. The molecule has 1 fully saturated rings. The third kappa shape index (κ3) is 5.16. The van der Waals surface area contributed by atoms with E-state index in [0.29, 0.717) is 11.6 Å². The summed E-state index contributed by atoms with van der Waals surface area (Å²) >= 11 is 5.37. The van der Waals surface area contributed by atoms with E-state index in [1.807, 2.05) is 36.0 Å². The lowest BCUT2D eigenvalue weighted by molar-refractivity contribution is 0.0953. The number of carbonyl (C=O) groups excluding carboxylic acids is 1. The smallest absolute Gasteiger partial charge is 0.251 e. The van der Waals surface area contributed by atoms with E-state index in [1.165, 1.54) is 17.9 Å². The lowest BCUT2D eigenvalue weighted by Gasteiger charge is -2.11. The van der Waals surface area contributed by atoms with Crippen LogP contribution in [-0.2, 0) is 0 Å². The first kappa shape index (κ1) is 14.9. The Kier molecular flexibility index (Phi) is 6.20. The Balaban J connectivity index is 1.59. The van der Waals surface area contributed by atoms with Gasteiger partial charge in [-0.1, -0.05) is 15.9 Å². The van der Waals surface area contributed by atoms with Crippen LogP contribution >= 0.6 is 27.7 Å². The zero-order chi connectivity index (χ0) is 13.5. The topological polar surface area (TPSA) is 41.1 Å². The van der Waals surface area contributed by atoms with Crippen LogP contribution in [0.2, 0.25) is 0 Å². The van der Waals surface area contributed by atoms with E-state index in [9.17, 15) is 4.79 Å². The zero-order valence-electron chi connectivity index (χ0n) is 10.8. The molecule has 0 aliphatic carbocycles. The van der Waals surface area contributed by atoms with Crippen LogP contribution in [0.25, 0.3) is 0 Å². The summed E-state index contributed by atoms with van der Waals surface area (Å²) < 4.78 is 0.989. The fraction of sp³-hybridized carbons (Fsp3) is 0.500. The van der Waals surface area contributed by atoms with Gasteiger partial charge < -0.3 is 10.6 Å². The summed E-state index contributed by atoms with van der Waals surface area (Å²) in [6.07, 6.45) is 2.25. The summed E-state index contributed by atoms with van der Waals surface area (Å²) in [4.78, 5) is 11.8. The largest absolute Gasteiger partial charge is 0.352 e. The molecule has 104 valence electrons. The maximum Gasteiger partial charge on any atom is 0.251 e. The number of hydrogen-bond acceptors (Lipinski definition) is 3. The van der Waals surface area contributed by atoms with Crippen LogP contribution in [0.15, 0.2) is 28.7 Å². The van der Waals surface area contributed by atoms with Crippen molar-refractivity contribution in [3.63, 3.8) is 0 Å². The lowest BCUT2D eigenvalue weighted by atomic mass is 10.2. The monoisotopic (exact) mass is 342 g/mol. The van der Waals surface area contributed by atoms with Crippen molar-refractivity contribution in [1.29, 1.82) is 0 Å². The first-order valence-corrected chi connectivity index (χ1v) is 8.55. The Morgan fingerprint density at radius 1 is 1.32 bits per heavy atom. The van der Waals surface area contributed by atoms with E-state index in [1.54, 1.807) is 0 Å². The van der Waals surface area contributed by atoms with Gasteiger partial charge in [-0.2, -0.15) is 11.8 Å². The standard InChI is InChI=1S/C14H19BrN2OS/c15-12-4-2-11(3-5-12)14(18)17-8-1-7-16-13-6-9-19-10-13/h2-5,13,16H,1,6-10H2,(H,17,18)/t13-/m0/s1. The number of thioether (sulfide) groups is 1. The van der Waals surface area contributed by atoms with E-state index in [0.717, 1.165) is 24.0 Å². The Morgan fingerprint density at radius 3 is 2.79 bits per heavy atom. The number of carbonyl (C=O) groups is 1. The molecular weight excluding hydrogens is 324 g/mol. The highest BCUT2D eigenvalue weighted by Gasteiger charge is 2.13. The molecule has 0 bridgehead atoms. The second-order valence-corrected chi connectivity index (χ2v) is 6.70. The second-order valence-electron chi connectivity index (χ2n) is 4.63. The highest BCUT2D eigenvalue weighted by molar-refractivity contribution is 9.10. The Labute approximate surface area is 127 Å². The van der Waals surface area contributed by atoms with Gasteiger partial charge in [0, 0.05) is 28.4 Å². The van der Waals surface area contributed by atoms with Gasteiger partial charge in [0.25, 0.3) is 5.91 Å². The number of nitrogens with one attached hydrogen (secondary N) is 2. The minimum atomic E-state index is 0.00363. The first-order valence-electron chi connectivity index (χ1n) is 6.60. The predicted octanol–water partition coefficient (Wildman–Crippen LogP) is 2.66. The average Bonchev–Trinajstić information content (AvgIpc) is 2.92. The molecule has 0 aromatic heterocycles. The molecule has 0 saturated carbocycles. The van der Waals surface area contributed by atoms with Gasteiger partial charge in [0.1, 0.15) is 0 Å². The number of benzene rings is 1. The van der Waals surface area contributed by atoms with Crippen LogP contribution in [0.5, 0.6) is 0 Å². The molecule has 1 atom stereocenters. The summed E-state index contributed by atoms with van der Waals surface area (Å²) in [6, 6.07) is 8.09.